The zero-order valence-electron chi connectivity index (χ0n) is 8.11. The van der Waals surface area contributed by atoms with Gasteiger partial charge in [-0.1, -0.05) is 0 Å². The van der Waals surface area contributed by atoms with Crippen LogP contribution in [0.2, 0.25) is 0 Å². The van der Waals surface area contributed by atoms with Gasteiger partial charge >= 0.3 is 11.9 Å². The van der Waals surface area contributed by atoms with Gasteiger partial charge in [-0.05, 0) is 34.7 Å². The Bertz CT molecular complexity index is 405. The molecule has 0 aliphatic heterocycles. The smallest absolute Gasteiger partial charge is 0.357 e. The summed E-state index contributed by atoms with van der Waals surface area (Å²) in [6.07, 6.45) is 0. The summed E-state index contributed by atoms with van der Waals surface area (Å²) in [6.45, 7) is 0. The van der Waals surface area contributed by atoms with Crippen LogP contribution in [0.15, 0.2) is 12.1 Å². The molecule has 0 saturated heterocycles. The number of hydrogen-bond acceptors (Lipinski definition) is 5. The van der Waals surface area contributed by atoms with E-state index in [2.05, 4.69) is 14.5 Å². The molecule has 0 aliphatic carbocycles. The Morgan fingerprint density at radius 2 is 1.80 bits per heavy atom. The molecule has 0 aliphatic rings. The van der Waals surface area contributed by atoms with Crippen molar-refractivity contribution < 1.29 is 19.1 Å². The number of methoxy groups -OCH3 is 2. The molecule has 1 aromatic heterocycles. The fraction of sp³-hybridized carbons (Fsp3) is 0.222. The molecule has 0 fully saturated rings. The highest BCUT2D eigenvalue weighted by atomic mass is 127. The Morgan fingerprint density at radius 3 is 2.33 bits per heavy atom. The number of rotatable bonds is 2. The van der Waals surface area contributed by atoms with Crippen LogP contribution < -0.4 is 0 Å². The first-order valence-electron chi connectivity index (χ1n) is 3.93. The van der Waals surface area contributed by atoms with Gasteiger partial charge in [-0.2, -0.15) is 0 Å². The monoisotopic (exact) mass is 321 g/mol. The minimum absolute atomic E-state index is 0.0818. The highest BCUT2D eigenvalue weighted by Crippen LogP contribution is 2.12. The predicted octanol–water partition coefficient (Wildman–Crippen LogP) is 1.26. The van der Waals surface area contributed by atoms with E-state index in [1.807, 2.05) is 22.6 Å². The first kappa shape index (κ1) is 11.9. The molecule has 0 unspecified atom stereocenters. The molecule has 15 heavy (non-hydrogen) atoms. The molecule has 6 heteroatoms. The predicted molar refractivity (Wildman–Crippen MR) is 59.6 cm³/mol. The van der Waals surface area contributed by atoms with E-state index < -0.39 is 11.9 Å². The lowest BCUT2D eigenvalue weighted by Gasteiger charge is -2.03. The summed E-state index contributed by atoms with van der Waals surface area (Å²) in [5, 5.41) is 0. The standard InChI is InChI=1S/C9H8INO4/c1-14-8(12)6-4-3-5(10)7(11-6)9(13)15-2/h3-4H,1-2H3. The van der Waals surface area contributed by atoms with Crippen LogP contribution in [0, 0.1) is 3.57 Å². The van der Waals surface area contributed by atoms with Gasteiger partial charge in [0.1, 0.15) is 5.69 Å². The zero-order chi connectivity index (χ0) is 11.4. The van der Waals surface area contributed by atoms with Crippen LogP contribution in [-0.4, -0.2) is 31.1 Å². The van der Waals surface area contributed by atoms with Gasteiger partial charge in [0.05, 0.1) is 14.2 Å². The maximum atomic E-state index is 11.3. The second-order valence-electron chi connectivity index (χ2n) is 2.51. The van der Waals surface area contributed by atoms with Crippen LogP contribution in [0.1, 0.15) is 21.0 Å². The Morgan fingerprint density at radius 1 is 1.20 bits per heavy atom. The Hall–Kier alpha value is -1.18. The molecule has 5 nitrogen and oxygen atoms in total. The highest BCUT2D eigenvalue weighted by molar-refractivity contribution is 14.1. The highest BCUT2D eigenvalue weighted by Gasteiger charge is 2.16. The lowest BCUT2D eigenvalue weighted by molar-refractivity contribution is 0.0585. The molecule has 80 valence electrons. The second-order valence-corrected chi connectivity index (χ2v) is 3.67. The maximum absolute atomic E-state index is 11.3. The Labute approximate surface area is 99.9 Å². The average molecular weight is 321 g/mol. The molecular formula is C9H8INO4. The summed E-state index contributed by atoms with van der Waals surface area (Å²) in [6, 6.07) is 3.09. The number of ether oxygens (including phenoxy) is 2. The van der Waals surface area contributed by atoms with E-state index in [0.29, 0.717) is 3.57 Å². The second kappa shape index (κ2) is 5.06. The fourth-order valence-corrected chi connectivity index (χ4v) is 1.42. The molecule has 0 spiro atoms. The minimum atomic E-state index is -0.587. The van der Waals surface area contributed by atoms with Gasteiger partial charge < -0.3 is 9.47 Å². The van der Waals surface area contributed by atoms with E-state index >= 15 is 0 Å². The molecule has 0 radical (unpaired) electrons. The number of carbonyl (C=O) groups is 2. The molecule has 1 aromatic rings. The molecular weight excluding hydrogens is 313 g/mol. The fourth-order valence-electron chi connectivity index (χ4n) is 0.900. The minimum Gasteiger partial charge on any atom is -0.464 e. The van der Waals surface area contributed by atoms with Crippen molar-refractivity contribution in [2.45, 2.75) is 0 Å². The number of halogens is 1. The van der Waals surface area contributed by atoms with Crippen molar-refractivity contribution in [1.29, 1.82) is 0 Å². The molecule has 0 N–H and O–H groups in total. The third-order valence-corrected chi connectivity index (χ3v) is 2.49. The van der Waals surface area contributed by atoms with Crippen molar-refractivity contribution >= 4 is 34.5 Å². The van der Waals surface area contributed by atoms with Crippen LogP contribution >= 0.6 is 22.6 Å². The maximum Gasteiger partial charge on any atom is 0.357 e. The van der Waals surface area contributed by atoms with E-state index in [-0.39, 0.29) is 11.4 Å². The number of nitrogens with zero attached hydrogens (tertiary/aromatic N) is 1. The lowest BCUT2D eigenvalue weighted by atomic mass is 10.3. The number of hydrogen-bond donors (Lipinski definition) is 0. The van der Waals surface area contributed by atoms with Crippen molar-refractivity contribution in [3.05, 3.63) is 27.1 Å². The first-order chi connectivity index (χ1) is 7.10. The molecule has 0 bridgehead atoms. The van der Waals surface area contributed by atoms with Crippen molar-refractivity contribution in [3.63, 3.8) is 0 Å². The molecule has 0 atom stereocenters. The van der Waals surface area contributed by atoms with Crippen molar-refractivity contribution in [3.8, 4) is 0 Å². The zero-order valence-corrected chi connectivity index (χ0v) is 10.3. The van der Waals surface area contributed by atoms with Gasteiger partial charge in [-0.25, -0.2) is 14.6 Å². The normalized spacial score (nSPS) is 9.53. The van der Waals surface area contributed by atoms with Gasteiger partial charge in [0, 0.05) is 3.57 Å². The van der Waals surface area contributed by atoms with E-state index in [1.165, 1.54) is 20.3 Å². The van der Waals surface area contributed by atoms with Gasteiger partial charge in [-0.3, -0.25) is 0 Å². The van der Waals surface area contributed by atoms with Gasteiger partial charge in [-0.15, -0.1) is 0 Å². The molecule has 0 saturated carbocycles. The lowest BCUT2D eigenvalue weighted by Crippen LogP contribution is -2.12. The summed E-state index contributed by atoms with van der Waals surface area (Å²) >= 11 is 1.94. The summed E-state index contributed by atoms with van der Waals surface area (Å²) in [5.74, 6) is -1.17. The van der Waals surface area contributed by atoms with Gasteiger partial charge in [0.15, 0.2) is 5.69 Å². The quantitative estimate of drug-likeness (QED) is 0.606. The third-order valence-electron chi connectivity index (χ3n) is 1.62. The summed E-state index contributed by atoms with van der Waals surface area (Å²) in [4.78, 5) is 26.3. The number of pyridine rings is 1. The van der Waals surface area contributed by atoms with Gasteiger partial charge in [0.2, 0.25) is 0 Å². The van der Waals surface area contributed by atoms with Crippen LogP contribution in [0.4, 0.5) is 0 Å². The number of aromatic nitrogens is 1. The summed E-state index contributed by atoms with van der Waals surface area (Å²) in [5.41, 5.74) is 0.194. The van der Waals surface area contributed by atoms with E-state index in [1.54, 1.807) is 6.07 Å². The van der Waals surface area contributed by atoms with E-state index in [9.17, 15) is 9.59 Å². The van der Waals surface area contributed by atoms with Crippen LogP contribution in [0.3, 0.4) is 0 Å². The largest absolute Gasteiger partial charge is 0.464 e. The summed E-state index contributed by atoms with van der Waals surface area (Å²) in [7, 11) is 2.50. The third kappa shape index (κ3) is 2.65. The van der Waals surface area contributed by atoms with Crippen LogP contribution in [0.25, 0.3) is 0 Å². The van der Waals surface area contributed by atoms with E-state index in [4.69, 9.17) is 0 Å². The average Bonchev–Trinajstić information content (AvgIpc) is 2.27. The Balaban J connectivity index is 3.16. The molecule has 1 heterocycles. The van der Waals surface area contributed by atoms with Crippen LogP contribution in [0.5, 0.6) is 0 Å². The van der Waals surface area contributed by atoms with Crippen molar-refractivity contribution in [1.82, 2.24) is 4.98 Å². The number of carbonyl (C=O) groups excluding carboxylic acids is 2. The van der Waals surface area contributed by atoms with Crippen molar-refractivity contribution in [2.75, 3.05) is 14.2 Å². The topological polar surface area (TPSA) is 65.5 Å². The summed E-state index contributed by atoms with van der Waals surface area (Å²) < 4.78 is 9.63. The Kier molecular flexibility index (Phi) is 4.01. The molecule has 0 aromatic carbocycles. The van der Waals surface area contributed by atoms with Gasteiger partial charge in [0.25, 0.3) is 0 Å². The SMILES string of the molecule is COC(=O)c1ccc(I)c(C(=O)OC)n1. The van der Waals surface area contributed by atoms with Crippen LogP contribution in [-0.2, 0) is 9.47 Å². The van der Waals surface area contributed by atoms with E-state index in [0.717, 1.165) is 0 Å². The van der Waals surface area contributed by atoms with Crippen molar-refractivity contribution in [2.24, 2.45) is 0 Å². The molecule has 1 rings (SSSR count). The molecule has 0 amide bonds. The first-order valence-corrected chi connectivity index (χ1v) is 5.01. The number of esters is 2.